The number of carbonyl (C=O) groups is 8. The van der Waals surface area contributed by atoms with Crippen LogP contribution in [0.5, 0.6) is 11.5 Å². The molecule has 2 N–H and O–H groups in total. The number of piperazine rings is 1. The second kappa shape index (κ2) is 15.5. The van der Waals surface area contributed by atoms with Gasteiger partial charge in [0.2, 0.25) is 5.91 Å². The molecule has 3 saturated heterocycles. The Kier molecular flexibility index (Phi) is 11.4. The maximum atomic E-state index is 14.3. The molecule has 5 rings (SSSR count). The first-order chi connectivity index (χ1) is 25.0. The first-order valence-corrected chi connectivity index (χ1v) is 18.6. The van der Waals surface area contributed by atoms with E-state index in [2.05, 4.69) is 10.6 Å². The number of hydrogen-bond donors (Lipinski definition) is 2. The third-order valence-electron chi connectivity index (χ3n) is 8.81. The maximum absolute atomic E-state index is 14.3. The second-order valence-electron chi connectivity index (χ2n) is 12.8. The number of urea groups is 1. The Bertz CT molecular complexity index is 1860. The zero-order valence-electron chi connectivity index (χ0n) is 29.8. The first kappa shape index (κ1) is 39.1. The Morgan fingerprint density at radius 3 is 2.23 bits per heavy atom. The molecule has 282 valence electrons. The number of imide groups is 1. The number of nitrogens with one attached hydrogen (secondary N) is 2. The van der Waals surface area contributed by atoms with Crippen LogP contribution in [-0.4, -0.2) is 109 Å². The van der Waals surface area contributed by atoms with E-state index in [-0.39, 0.29) is 43.3 Å². The Hall–Kier alpha value is -5.10. The number of amides is 6. The highest BCUT2D eigenvalue weighted by Gasteiger charge is 2.73. The minimum atomic E-state index is -1.64. The summed E-state index contributed by atoms with van der Waals surface area (Å²) in [5.41, 5.74) is 0.780. The molecule has 16 nitrogen and oxygen atoms in total. The van der Waals surface area contributed by atoms with Crippen LogP contribution in [0.1, 0.15) is 51.8 Å². The van der Waals surface area contributed by atoms with Crippen molar-refractivity contribution in [3.05, 3.63) is 59.7 Å². The zero-order valence-corrected chi connectivity index (χ0v) is 31.5. The van der Waals surface area contributed by atoms with E-state index in [9.17, 15) is 38.4 Å². The molecule has 3 aliphatic heterocycles. The topological polar surface area (TPSA) is 198 Å². The number of benzene rings is 2. The number of ether oxygens (including phenoxy) is 3. The van der Waals surface area contributed by atoms with Crippen LogP contribution in [0.2, 0.25) is 0 Å². The smallest absolute Gasteiger partial charge is 0.330 e. The molecule has 0 radical (unpaired) electrons. The molecule has 0 aliphatic carbocycles. The average molecular weight is 770 g/mol. The lowest BCUT2D eigenvalue weighted by Gasteiger charge is -2.52. The van der Waals surface area contributed by atoms with Crippen molar-refractivity contribution in [2.24, 2.45) is 0 Å². The summed E-state index contributed by atoms with van der Waals surface area (Å²) in [7, 11) is 0. The highest BCUT2D eigenvalue weighted by Crippen LogP contribution is 2.63. The summed E-state index contributed by atoms with van der Waals surface area (Å²) >= 11 is 2.55. The molecule has 3 heterocycles. The van der Waals surface area contributed by atoms with Crippen molar-refractivity contribution >= 4 is 71.1 Å². The molecular formula is C35H39N5O11S2. The third-order valence-corrected chi connectivity index (χ3v) is 12.1. The fourth-order valence-corrected chi connectivity index (χ4v) is 9.77. The van der Waals surface area contributed by atoms with Gasteiger partial charge in [0.05, 0.1) is 0 Å². The largest absolute Gasteiger partial charge is 0.459 e. The van der Waals surface area contributed by atoms with E-state index >= 15 is 0 Å². The van der Waals surface area contributed by atoms with Crippen LogP contribution < -0.4 is 20.1 Å². The van der Waals surface area contributed by atoms with E-state index in [4.69, 9.17) is 14.2 Å². The Labute approximate surface area is 313 Å². The van der Waals surface area contributed by atoms with Gasteiger partial charge in [0.1, 0.15) is 18.7 Å². The summed E-state index contributed by atoms with van der Waals surface area (Å²) in [5.74, 6) is -5.98. The molecule has 3 aliphatic rings. The lowest BCUT2D eigenvalue weighted by molar-refractivity contribution is -0.166. The molecule has 0 aromatic heterocycles. The van der Waals surface area contributed by atoms with Crippen molar-refractivity contribution in [3.8, 4) is 11.5 Å². The molecule has 53 heavy (non-hydrogen) atoms. The highest BCUT2D eigenvalue weighted by molar-refractivity contribution is 8.19. The standard InChI is InChI=1S/C35H39N5O11S2/c1-7-38-15-16-39(31(46)30(38)45)33(48)36-25(22-13-14-23(50-19(2)41)24(17-22)51-20(3)42)28(43)37-26-29(44)40-27(34(4,5)53-35(26,40)52-6)32(47)49-18-21-11-9-8-10-12-21/h8-14,17,25-27H,7,15-16,18H2,1-6H3,(H,36,48)(H,37,43)/t25?,26-,27+,35?/m1/s1. The molecule has 2 aromatic rings. The van der Waals surface area contributed by atoms with E-state index in [1.807, 2.05) is 30.3 Å². The van der Waals surface area contributed by atoms with Gasteiger partial charge in [-0.15, -0.1) is 23.5 Å². The van der Waals surface area contributed by atoms with Crippen molar-refractivity contribution in [2.75, 3.05) is 25.9 Å². The van der Waals surface area contributed by atoms with Crippen LogP contribution in [0.25, 0.3) is 0 Å². The number of β-lactam (4-membered cyclic amide) rings is 1. The van der Waals surface area contributed by atoms with Crippen molar-refractivity contribution in [3.63, 3.8) is 0 Å². The van der Waals surface area contributed by atoms with Crippen molar-refractivity contribution < 1.29 is 52.6 Å². The quantitative estimate of drug-likeness (QED) is 0.146. The number of nitrogens with zero attached hydrogens (tertiary/aromatic N) is 3. The van der Waals surface area contributed by atoms with E-state index in [0.717, 1.165) is 19.4 Å². The predicted octanol–water partition coefficient (Wildman–Crippen LogP) is 1.96. The Balaban J connectivity index is 1.44. The molecule has 0 saturated carbocycles. The van der Waals surface area contributed by atoms with Crippen LogP contribution in [0.15, 0.2) is 48.5 Å². The van der Waals surface area contributed by atoms with Gasteiger partial charge in [-0.05, 0) is 50.3 Å². The van der Waals surface area contributed by atoms with Gasteiger partial charge in [-0.2, -0.15) is 0 Å². The highest BCUT2D eigenvalue weighted by atomic mass is 32.2. The summed E-state index contributed by atoms with van der Waals surface area (Å²) < 4.78 is 14.0. The first-order valence-electron chi connectivity index (χ1n) is 16.6. The molecule has 0 spiro atoms. The van der Waals surface area contributed by atoms with Crippen molar-refractivity contribution in [1.82, 2.24) is 25.3 Å². The van der Waals surface area contributed by atoms with Crippen LogP contribution in [0.4, 0.5) is 4.79 Å². The van der Waals surface area contributed by atoms with Gasteiger partial charge in [-0.1, -0.05) is 36.4 Å². The Morgan fingerprint density at radius 2 is 1.60 bits per heavy atom. The molecule has 4 atom stereocenters. The summed E-state index contributed by atoms with van der Waals surface area (Å²) in [6, 6.07) is 7.94. The van der Waals surface area contributed by atoms with Gasteiger partial charge in [0, 0.05) is 38.2 Å². The minimum absolute atomic E-state index is 0.0000681. The summed E-state index contributed by atoms with van der Waals surface area (Å²) in [5, 5.41) is 5.21. The van der Waals surface area contributed by atoms with Gasteiger partial charge >= 0.3 is 35.8 Å². The monoisotopic (exact) mass is 769 g/mol. The minimum Gasteiger partial charge on any atom is -0.459 e. The molecule has 6 amide bonds. The third kappa shape index (κ3) is 7.69. The summed E-state index contributed by atoms with van der Waals surface area (Å²) in [4.78, 5) is 108. The summed E-state index contributed by atoms with van der Waals surface area (Å²) in [6.07, 6.45) is 1.73. The molecule has 18 heteroatoms. The number of thioether (sulfide) groups is 2. The van der Waals surface area contributed by atoms with E-state index in [1.165, 1.54) is 51.5 Å². The number of rotatable bonds is 11. The fraction of sp³-hybridized carbons (Fsp3) is 0.429. The molecule has 0 bridgehead atoms. The van der Waals surface area contributed by atoms with Crippen molar-refractivity contribution in [1.29, 1.82) is 0 Å². The van der Waals surface area contributed by atoms with Gasteiger partial charge < -0.3 is 29.7 Å². The summed E-state index contributed by atoms with van der Waals surface area (Å²) in [6.45, 7) is 7.70. The van der Waals surface area contributed by atoms with Gasteiger partial charge in [0.25, 0.3) is 5.91 Å². The predicted molar refractivity (Wildman–Crippen MR) is 191 cm³/mol. The SMILES string of the molecule is CCN1CCN(C(=O)NC(C(=O)N[C@@H]2C(=O)N3[C@@H](C(=O)OCc4ccccc4)C(C)(C)SC23SC)c2ccc(OC(C)=O)c(OC(C)=O)c2)C(=O)C1=O. The van der Waals surface area contributed by atoms with E-state index in [1.54, 1.807) is 27.0 Å². The van der Waals surface area contributed by atoms with Crippen molar-refractivity contribution in [2.45, 2.75) is 68.3 Å². The number of hydrogen-bond acceptors (Lipinski definition) is 13. The molecule has 3 fully saturated rings. The van der Waals surface area contributed by atoms with Gasteiger partial charge in [-0.25, -0.2) is 9.59 Å². The maximum Gasteiger partial charge on any atom is 0.330 e. The number of likely N-dealkylation sites (N-methyl/N-ethyl adjacent to an activating group) is 1. The number of fused-ring (bicyclic) bond motifs is 1. The van der Waals surface area contributed by atoms with Crippen LogP contribution in [0.3, 0.4) is 0 Å². The number of carbonyl (C=O) groups excluding carboxylic acids is 8. The fourth-order valence-electron chi connectivity index (χ4n) is 6.36. The van der Waals surface area contributed by atoms with Gasteiger partial charge in [-0.3, -0.25) is 38.6 Å². The number of esters is 3. The lowest BCUT2D eigenvalue weighted by atomic mass is 9.95. The van der Waals surface area contributed by atoms with Crippen LogP contribution >= 0.6 is 23.5 Å². The zero-order chi connectivity index (χ0) is 38.8. The normalized spacial score (nSPS) is 22.3. The average Bonchev–Trinajstić information content (AvgIpc) is 3.34. The van der Waals surface area contributed by atoms with E-state index < -0.39 is 74.6 Å². The molecule has 2 unspecified atom stereocenters. The van der Waals surface area contributed by atoms with Crippen LogP contribution in [0, 0.1) is 0 Å². The second-order valence-corrected chi connectivity index (χ2v) is 16.0. The van der Waals surface area contributed by atoms with E-state index in [0.29, 0.717) is 4.90 Å². The Morgan fingerprint density at radius 1 is 0.943 bits per heavy atom. The van der Waals surface area contributed by atoms with Crippen LogP contribution in [-0.2, 0) is 44.9 Å². The molecule has 2 aromatic carbocycles. The lowest BCUT2D eigenvalue weighted by Crippen LogP contribution is -2.77. The van der Waals surface area contributed by atoms with Gasteiger partial charge in [0.15, 0.2) is 21.7 Å². The molecular weight excluding hydrogens is 731 g/mol.